The molecular formula is C31H31FN6O4. The topological polar surface area (TPSA) is 107 Å². The van der Waals surface area contributed by atoms with Gasteiger partial charge in [0.05, 0.1) is 25.3 Å². The van der Waals surface area contributed by atoms with Crippen molar-refractivity contribution in [2.24, 2.45) is 0 Å². The van der Waals surface area contributed by atoms with E-state index in [1.165, 1.54) is 12.1 Å². The van der Waals surface area contributed by atoms with Crippen LogP contribution in [0.2, 0.25) is 0 Å². The summed E-state index contributed by atoms with van der Waals surface area (Å²) < 4.78 is 27.8. The van der Waals surface area contributed by atoms with Gasteiger partial charge in [-0.25, -0.2) is 29.0 Å². The Morgan fingerprint density at radius 1 is 1.17 bits per heavy atom. The maximum absolute atomic E-state index is 14.3. The number of carboxylic acids is 1. The first kappa shape index (κ1) is 27.8. The predicted molar refractivity (Wildman–Crippen MR) is 152 cm³/mol. The average Bonchev–Trinajstić information content (AvgIpc) is 3.35. The number of halogens is 1. The Kier molecular flexibility index (Phi) is 7.82. The van der Waals surface area contributed by atoms with Crippen molar-refractivity contribution in [3.63, 3.8) is 0 Å². The largest absolute Gasteiger partial charge is 0.477 e. The molecule has 2 saturated heterocycles. The molecule has 2 aliphatic rings. The third-order valence-electron chi connectivity index (χ3n) is 8.18. The fraction of sp³-hybridized carbons (Fsp3) is 0.387. The number of carbonyl (C=O) groups is 1. The SMILES string of the molecule is [C-]#[N+]c1ccc(COc2cccc(C3CCN(C(C)c4nc5ccc(C(=O)O)nc5n4C[C@@H]4CCO4)CC3)n2)c(F)c1. The Morgan fingerprint density at radius 3 is 2.67 bits per heavy atom. The minimum atomic E-state index is -1.06. The van der Waals surface area contributed by atoms with Gasteiger partial charge in [0.1, 0.15) is 23.8 Å². The number of aromatic carboxylic acids is 1. The number of ether oxygens (including phenoxy) is 2. The molecule has 11 heteroatoms. The molecule has 0 saturated carbocycles. The molecule has 0 radical (unpaired) electrons. The number of piperidine rings is 1. The van der Waals surface area contributed by atoms with Gasteiger partial charge in [-0.1, -0.05) is 18.2 Å². The number of nitrogens with zero attached hydrogens (tertiary/aromatic N) is 6. The van der Waals surface area contributed by atoms with E-state index in [9.17, 15) is 14.3 Å². The summed E-state index contributed by atoms with van der Waals surface area (Å²) >= 11 is 0. The van der Waals surface area contributed by atoms with E-state index < -0.39 is 11.8 Å². The summed E-state index contributed by atoms with van der Waals surface area (Å²) in [6, 6.07) is 13.3. The van der Waals surface area contributed by atoms with E-state index in [1.54, 1.807) is 24.3 Å². The minimum absolute atomic E-state index is 0.0000390. The molecule has 6 rings (SSSR count). The van der Waals surface area contributed by atoms with Gasteiger partial charge in [-0.05, 0) is 63.5 Å². The van der Waals surface area contributed by atoms with Gasteiger partial charge in [0.2, 0.25) is 5.88 Å². The number of hydrogen-bond acceptors (Lipinski definition) is 7. The number of carboxylic acid groups (broad SMARTS) is 1. The fourth-order valence-corrected chi connectivity index (χ4v) is 5.63. The van der Waals surface area contributed by atoms with Crippen LogP contribution in [0, 0.1) is 12.4 Å². The van der Waals surface area contributed by atoms with Crippen LogP contribution >= 0.6 is 0 Å². The molecule has 4 aromatic rings. The molecule has 2 fully saturated rings. The van der Waals surface area contributed by atoms with Gasteiger partial charge in [0, 0.05) is 29.8 Å². The first-order valence-corrected chi connectivity index (χ1v) is 14.1. The van der Waals surface area contributed by atoms with Gasteiger partial charge in [-0.2, -0.15) is 0 Å². The second kappa shape index (κ2) is 11.8. The zero-order valence-corrected chi connectivity index (χ0v) is 23.2. The first-order valence-electron chi connectivity index (χ1n) is 14.1. The van der Waals surface area contributed by atoms with E-state index in [0.717, 1.165) is 50.5 Å². The Labute approximate surface area is 242 Å². The van der Waals surface area contributed by atoms with Gasteiger partial charge in [-0.15, -0.1) is 0 Å². The quantitative estimate of drug-likeness (QED) is 0.262. The maximum atomic E-state index is 14.3. The van der Waals surface area contributed by atoms with Gasteiger partial charge < -0.3 is 19.1 Å². The van der Waals surface area contributed by atoms with Crippen molar-refractivity contribution in [2.45, 2.75) is 57.4 Å². The van der Waals surface area contributed by atoms with E-state index in [0.29, 0.717) is 29.2 Å². The summed E-state index contributed by atoms with van der Waals surface area (Å²) in [5.41, 5.74) is 2.83. The number of likely N-dealkylation sites (tertiary alicyclic amines) is 1. The molecule has 0 amide bonds. The molecule has 2 atom stereocenters. The van der Waals surface area contributed by atoms with Crippen LogP contribution < -0.4 is 4.74 Å². The second-order valence-electron chi connectivity index (χ2n) is 10.8. The zero-order valence-electron chi connectivity index (χ0n) is 23.2. The number of aromatic nitrogens is 4. The number of imidazole rings is 1. The summed E-state index contributed by atoms with van der Waals surface area (Å²) in [7, 11) is 0. The van der Waals surface area contributed by atoms with Gasteiger partial charge in [0.25, 0.3) is 0 Å². The van der Waals surface area contributed by atoms with E-state index in [-0.39, 0.29) is 36.1 Å². The molecule has 1 aromatic carbocycles. The van der Waals surface area contributed by atoms with Crippen LogP contribution in [0.4, 0.5) is 10.1 Å². The van der Waals surface area contributed by atoms with Crippen LogP contribution in [0.1, 0.15) is 65.7 Å². The molecule has 42 heavy (non-hydrogen) atoms. The van der Waals surface area contributed by atoms with Crippen LogP contribution in [-0.2, 0) is 17.9 Å². The lowest BCUT2D eigenvalue weighted by Crippen LogP contribution is -2.37. The van der Waals surface area contributed by atoms with Crippen molar-refractivity contribution in [3.8, 4) is 5.88 Å². The molecule has 1 N–H and O–H groups in total. The lowest BCUT2D eigenvalue weighted by Gasteiger charge is -2.36. The lowest BCUT2D eigenvalue weighted by molar-refractivity contribution is -0.0595. The summed E-state index contributed by atoms with van der Waals surface area (Å²) in [4.78, 5) is 31.2. The van der Waals surface area contributed by atoms with Crippen molar-refractivity contribution in [1.29, 1.82) is 0 Å². The second-order valence-corrected chi connectivity index (χ2v) is 10.8. The molecule has 0 spiro atoms. The molecule has 5 heterocycles. The Bertz CT molecular complexity index is 1660. The summed E-state index contributed by atoms with van der Waals surface area (Å²) in [6.07, 6.45) is 2.84. The van der Waals surface area contributed by atoms with Crippen LogP contribution in [0.3, 0.4) is 0 Å². The lowest BCUT2D eigenvalue weighted by atomic mass is 9.92. The smallest absolute Gasteiger partial charge is 0.354 e. The maximum Gasteiger partial charge on any atom is 0.354 e. The summed E-state index contributed by atoms with van der Waals surface area (Å²) in [6.45, 7) is 12.2. The first-order chi connectivity index (χ1) is 20.4. The number of pyridine rings is 2. The molecule has 3 aromatic heterocycles. The molecule has 0 bridgehead atoms. The van der Waals surface area contributed by atoms with E-state index in [1.807, 2.05) is 16.7 Å². The van der Waals surface area contributed by atoms with Crippen molar-refractivity contribution in [3.05, 3.63) is 88.5 Å². The van der Waals surface area contributed by atoms with E-state index in [2.05, 4.69) is 21.7 Å². The number of benzene rings is 1. The van der Waals surface area contributed by atoms with Crippen molar-refractivity contribution >= 4 is 22.8 Å². The van der Waals surface area contributed by atoms with Crippen molar-refractivity contribution in [2.75, 3.05) is 19.7 Å². The van der Waals surface area contributed by atoms with Crippen LogP contribution in [0.5, 0.6) is 5.88 Å². The van der Waals surface area contributed by atoms with Gasteiger partial charge >= 0.3 is 5.97 Å². The zero-order chi connectivity index (χ0) is 29.2. The highest BCUT2D eigenvalue weighted by Gasteiger charge is 2.30. The van der Waals surface area contributed by atoms with Gasteiger partial charge in [0.15, 0.2) is 17.0 Å². The number of fused-ring (bicyclic) bond motifs is 1. The fourth-order valence-electron chi connectivity index (χ4n) is 5.63. The van der Waals surface area contributed by atoms with Crippen LogP contribution in [-0.4, -0.2) is 61.3 Å². The summed E-state index contributed by atoms with van der Waals surface area (Å²) in [5.74, 6) is 0.0321. The highest BCUT2D eigenvalue weighted by Crippen LogP contribution is 2.33. The third-order valence-corrected chi connectivity index (χ3v) is 8.18. The number of rotatable bonds is 9. The molecular weight excluding hydrogens is 539 g/mol. The predicted octanol–water partition coefficient (Wildman–Crippen LogP) is 5.52. The Hall–Kier alpha value is -4.40. The summed E-state index contributed by atoms with van der Waals surface area (Å²) in [5, 5.41) is 9.48. The Morgan fingerprint density at radius 2 is 1.98 bits per heavy atom. The van der Waals surface area contributed by atoms with Crippen LogP contribution in [0.25, 0.3) is 16.0 Å². The standard InChI is InChI=1S/C31H31FN6O4/c1-19(29-35-26-8-9-27(31(39)40)36-30(26)38(29)17-23-12-15-41-23)37-13-10-20(11-14-37)25-4-3-5-28(34-25)42-18-21-6-7-22(33-2)16-24(21)32/h3-9,16,19-20,23H,10-15,17-18H2,1H3,(H,39,40)/t19?,23-/m0/s1. The molecule has 10 nitrogen and oxygen atoms in total. The van der Waals surface area contributed by atoms with Crippen molar-refractivity contribution in [1.82, 2.24) is 24.4 Å². The third kappa shape index (κ3) is 5.68. The Balaban J connectivity index is 1.13. The van der Waals surface area contributed by atoms with Crippen molar-refractivity contribution < 1.29 is 23.8 Å². The normalized spacial score (nSPS) is 18.4. The highest BCUT2D eigenvalue weighted by atomic mass is 19.1. The molecule has 0 aliphatic carbocycles. The van der Waals surface area contributed by atoms with Gasteiger partial charge in [-0.3, -0.25) is 4.90 Å². The van der Waals surface area contributed by atoms with E-state index >= 15 is 0 Å². The highest BCUT2D eigenvalue weighted by molar-refractivity contribution is 5.88. The average molecular weight is 571 g/mol. The molecule has 2 aliphatic heterocycles. The monoisotopic (exact) mass is 570 g/mol. The minimum Gasteiger partial charge on any atom is -0.477 e. The van der Waals surface area contributed by atoms with E-state index in [4.69, 9.17) is 26.0 Å². The van der Waals surface area contributed by atoms with Crippen LogP contribution in [0.15, 0.2) is 48.5 Å². The molecule has 1 unspecified atom stereocenters. The molecule has 216 valence electrons. The number of hydrogen-bond donors (Lipinski definition) is 1.